The summed E-state index contributed by atoms with van der Waals surface area (Å²) in [7, 11) is 0. The van der Waals surface area contributed by atoms with Gasteiger partial charge in [0.25, 0.3) is 0 Å². The van der Waals surface area contributed by atoms with Crippen LogP contribution in [0.4, 0.5) is 0 Å². The summed E-state index contributed by atoms with van der Waals surface area (Å²) in [5.74, 6) is 0.285. The van der Waals surface area contributed by atoms with E-state index in [0.717, 1.165) is 0 Å². The van der Waals surface area contributed by atoms with Crippen molar-refractivity contribution < 1.29 is 14.3 Å². The van der Waals surface area contributed by atoms with Gasteiger partial charge in [0.05, 0.1) is 17.7 Å². The van der Waals surface area contributed by atoms with Gasteiger partial charge in [-0.25, -0.2) is 0 Å². The van der Waals surface area contributed by atoms with Gasteiger partial charge >= 0.3 is 5.97 Å². The molecule has 0 spiro atoms. The molecule has 2 rings (SSSR count). The first kappa shape index (κ1) is 14.9. The summed E-state index contributed by atoms with van der Waals surface area (Å²) in [6.07, 6.45) is 0. The predicted octanol–water partition coefficient (Wildman–Crippen LogP) is 2.25. The summed E-state index contributed by atoms with van der Waals surface area (Å²) >= 11 is 1.59. The maximum atomic E-state index is 12.0. The molecule has 0 N–H and O–H groups in total. The molecule has 108 valence electrons. The van der Waals surface area contributed by atoms with Crippen molar-refractivity contribution in [2.75, 3.05) is 18.9 Å². The molecule has 5 heteroatoms. The number of rotatable bonds is 5. The summed E-state index contributed by atoms with van der Waals surface area (Å²) in [5.41, 5.74) is 1.17. The first-order chi connectivity index (χ1) is 9.63. The van der Waals surface area contributed by atoms with Gasteiger partial charge in [-0.15, -0.1) is 11.8 Å². The Morgan fingerprint density at radius 3 is 2.80 bits per heavy atom. The molecule has 4 nitrogen and oxygen atoms in total. The Hall–Kier alpha value is -1.49. The normalized spacial score (nSPS) is 20.0. The third-order valence-corrected chi connectivity index (χ3v) is 4.78. The SMILES string of the molecule is CCOC(=O)CN1C(=O)CSC1C(C)c1ccccc1. The van der Waals surface area contributed by atoms with Crippen LogP contribution in [0.25, 0.3) is 0 Å². The monoisotopic (exact) mass is 293 g/mol. The van der Waals surface area contributed by atoms with Gasteiger partial charge in [-0.1, -0.05) is 37.3 Å². The van der Waals surface area contributed by atoms with Gasteiger partial charge < -0.3 is 9.64 Å². The molecule has 1 amide bonds. The number of esters is 1. The van der Waals surface area contributed by atoms with Crippen LogP contribution in [-0.4, -0.2) is 41.1 Å². The van der Waals surface area contributed by atoms with Crippen molar-refractivity contribution in [3.05, 3.63) is 35.9 Å². The lowest BCUT2D eigenvalue weighted by Gasteiger charge is -2.28. The number of ether oxygens (including phenoxy) is 1. The van der Waals surface area contributed by atoms with Crippen LogP contribution in [0.1, 0.15) is 25.3 Å². The molecule has 2 unspecified atom stereocenters. The molecule has 2 atom stereocenters. The van der Waals surface area contributed by atoms with E-state index in [9.17, 15) is 9.59 Å². The van der Waals surface area contributed by atoms with Crippen molar-refractivity contribution in [1.29, 1.82) is 0 Å². The molecule has 1 heterocycles. The minimum absolute atomic E-state index is 0.00527. The zero-order valence-electron chi connectivity index (χ0n) is 11.7. The van der Waals surface area contributed by atoms with Crippen molar-refractivity contribution in [3.63, 3.8) is 0 Å². The Morgan fingerprint density at radius 2 is 2.15 bits per heavy atom. The van der Waals surface area contributed by atoms with Crippen LogP contribution in [0.15, 0.2) is 30.3 Å². The highest BCUT2D eigenvalue weighted by Crippen LogP contribution is 2.35. The summed E-state index contributed by atoms with van der Waals surface area (Å²) in [6.45, 7) is 4.24. The lowest BCUT2D eigenvalue weighted by atomic mass is 10.0. The fourth-order valence-electron chi connectivity index (χ4n) is 2.33. The molecule has 1 aliphatic rings. The van der Waals surface area contributed by atoms with Gasteiger partial charge in [0, 0.05) is 5.92 Å². The van der Waals surface area contributed by atoms with E-state index in [-0.39, 0.29) is 29.7 Å². The number of carbonyl (C=O) groups is 2. The topological polar surface area (TPSA) is 46.6 Å². The van der Waals surface area contributed by atoms with Gasteiger partial charge in [0.15, 0.2) is 0 Å². The van der Waals surface area contributed by atoms with Gasteiger partial charge in [0.1, 0.15) is 6.54 Å². The fourth-order valence-corrected chi connectivity index (χ4v) is 3.63. The second kappa shape index (κ2) is 6.79. The van der Waals surface area contributed by atoms with Crippen molar-refractivity contribution in [2.24, 2.45) is 0 Å². The van der Waals surface area contributed by atoms with E-state index in [1.54, 1.807) is 23.6 Å². The first-order valence-corrected chi connectivity index (χ1v) is 7.80. The summed E-state index contributed by atoms with van der Waals surface area (Å²) < 4.78 is 4.94. The zero-order chi connectivity index (χ0) is 14.5. The second-order valence-corrected chi connectivity index (χ2v) is 5.83. The molecule has 0 bridgehead atoms. The highest BCUT2D eigenvalue weighted by Gasteiger charge is 2.37. The minimum atomic E-state index is -0.339. The number of hydrogen-bond acceptors (Lipinski definition) is 4. The number of hydrogen-bond donors (Lipinski definition) is 0. The van der Waals surface area contributed by atoms with E-state index in [2.05, 4.69) is 19.1 Å². The highest BCUT2D eigenvalue weighted by molar-refractivity contribution is 8.01. The molecular formula is C15H19NO3S. The highest BCUT2D eigenvalue weighted by atomic mass is 32.2. The van der Waals surface area contributed by atoms with E-state index in [4.69, 9.17) is 4.74 Å². The molecular weight excluding hydrogens is 274 g/mol. The second-order valence-electron chi connectivity index (χ2n) is 4.73. The standard InChI is InChI=1S/C15H19NO3S/c1-3-19-14(18)9-16-13(17)10-20-15(16)11(2)12-7-5-4-6-8-12/h4-8,11,15H,3,9-10H2,1-2H3. The quantitative estimate of drug-likeness (QED) is 0.781. The summed E-state index contributed by atoms with van der Waals surface area (Å²) in [5, 5.41) is -0.00527. The number of carbonyl (C=O) groups excluding carboxylic acids is 2. The lowest BCUT2D eigenvalue weighted by molar-refractivity contribution is -0.148. The van der Waals surface area contributed by atoms with Crippen molar-refractivity contribution in [3.8, 4) is 0 Å². The minimum Gasteiger partial charge on any atom is -0.465 e. The smallest absolute Gasteiger partial charge is 0.325 e. The number of benzene rings is 1. The number of amides is 1. The maximum absolute atomic E-state index is 12.0. The van der Waals surface area contributed by atoms with Crippen LogP contribution in [0, 0.1) is 0 Å². The molecule has 1 fully saturated rings. The lowest BCUT2D eigenvalue weighted by Crippen LogP contribution is -2.40. The van der Waals surface area contributed by atoms with Crippen LogP contribution in [0.3, 0.4) is 0 Å². The van der Waals surface area contributed by atoms with E-state index < -0.39 is 0 Å². The summed E-state index contributed by atoms with van der Waals surface area (Å²) in [4.78, 5) is 25.2. The van der Waals surface area contributed by atoms with Gasteiger partial charge in [0.2, 0.25) is 5.91 Å². The Bertz CT molecular complexity index is 477. The van der Waals surface area contributed by atoms with Gasteiger partial charge in [-0.2, -0.15) is 0 Å². The van der Waals surface area contributed by atoms with Crippen LogP contribution in [0.5, 0.6) is 0 Å². The molecule has 1 saturated heterocycles. The third kappa shape index (κ3) is 3.33. The average Bonchev–Trinajstić information content (AvgIpc) is 2.81. The average molecular weight is 293 g/mol. The van der Waals surface area contributed by atoms with Crippen molar-refractivity contribution >= 4 is 23.6 Å². The number of nitrogens with zero attached hydrogens (tertiary/aromatic N) is 1. The third-order valence-electron chi connectivity index (χ3n) is 3.36. The van der Waals surface area contributed by atoms with E-state index in [1.807, 2.05) is 18.2 Å². The molecule has 1 aromatic carbocycles. The summed E-state index contributed by atoms with van der Waals surface area (Å²) in [6, 6.07) is 10.1. The molecule has 0 radical (unpaired) electrons. The zero-order valence-corrected chi connectivity index (χ0v) is 12.6. The van der Waals surface area contributed by atoms with Gasteiger partial charge in [-0.3, -0.25) is 9.59 Å². The van der Waals surface area contributed by atoms with Crippen molar-refractivity contribution in [1.82, 2.24) is 4.90 Å². The molecule has 0 aromatic heterocycles. The predicted molar refractivity (Wildman–Crippen MR) is 79.4 cm³/mol. The maximum Gasteiger partial charge on any atom is 0.325 e. The first-order valence-electron chi connectivity index (χ1n) is 6.75. The van der Waals surface area contributed by atoms with Crippen LogP contribution < -0.4 is 0 Å². The molecule has 1 aromatic rings. The Balaban J connectivity index is 2.09. The van der Waals surface area contributed by atoms with Gasteiger partial charge in [-0.05, 0) is 12.5 Å². The van der Waals surface area contributed by atoms with Crippen molar-refractivity contribution in [2.45, 2.75) is 25.1 Å². The Labute approximate surface area is 123 Å². The molecule has 20 heavy (non-hydrogen) atoms. The molecule has 0 aliphatic carbocycles. The van der Waals surface area contributed by atoms with E-state index in [0.29, 0.717) is 12.4 Å². The molecule has 0 saturated carbocycles. The van der Waals surface area contributed by atoms with E-state index in [1.165, 1.54) is 5.56 Å². The Morgan fingerprint density at radius 1 is 1.45 bits per heavy atom. The molecule has 1 aliphatic heterocycles. The van der Waals surface area contributed by atoms with Crippen LogP contribution in [0.2, 0.25) is 0 Å². The fraction of sp³-hybridized carbons (Fsp3) is 0.467. The largest absolute Gasteiger partial charge is 0.465 e. The van der Waals surface area contributed by atoms with Crippen LogP contribution >= 0.6 is 11.8 Å². The van der Waals surface area contributed by atoms with Crippen LogP contribution in [-0.2, 0) is 14.3 Å². The Kier molecular flexibility index (Phi) is 5.06. The number of thioether (sulfide) groups is 1. The van der Waals surface area contributed by atoms with E-state index >= 15 is 0 Å².